The number of benzene rings is 1. The molecule has 1 aromatic heterocycles. The van der Waals surface area contributed by atoms with Crippen molar-refractivity contribution in [3.05, 3.63) is 51.4 Å². The topological polar surface area (TPSA) is 57.8 Å². The van der Waals surface area contributed by atoms with Gasteiger partial charge in [0.05, 0.1) is 5.02 Å². The van der Waals surface area contributed by atoms with Gasteiger partial charge in [-0.1, -0.05) is 29.4 Å². The normalized spacial score (nSPS) is 10.6. The first kappa shape index (κ1) is 13.1. The van der Waals surface area contributed by atoms with E-state index >= 15 is 0 Å². The molecule has 4 nitrogen and oxygen atoms in total. The molecule has 0 fully saturated rings. The molecule has 2 N–H and O–H groups in total. The van der Waals surface area contributed by atoms with Crippen molar-refractivity contribution >= 4 is 23.4 Å². The van der Waals surface area contributed by atoms with E-state index in [1.54, 1.807) is 0 Å². The molecule has 2 aromatic rings. The van der Waals surface area contributed by atoms with Gasteiger partial charge in [-0.2, -0.15) is 0 Å². The maximum Gasteiger partial charge on any atom is 0.251 e. The minimum absolute atomic E-state index is 0.171. The molecule has 0 spiro atoms. The largest absolute Gasteiger partial charge is 0.316 e. The summed E-state index contributed by atoms with van der Waals surface area (Å²) in [7, 11) is 1.88. The molecule has 0 amide bonds. The lowest BCUT2D eigenvalue weighted by atomic mass is 10.2. The fourth-order valence-corrected chi connectivity index (χ4v) is 2.53. The molecule has 0 unspecified atom stereocenters. The van der Waals surface area contributed by atoms with Crippen molar-refractivity contribution in [2.75, 3.05) is 7.05 Å². The van der Waals surface area contributed by atoms with E-state index in [0.29, 0.717) is 10.2 Å². The Morgan fingerprint density at radius 2 is 2.28 bits per heavy atom. The predicted octanol–water partition coefficient (Wildman–Crippen LogP) is 2.29. The van der Waals surface area contributed by atoms with Crippen LogP contribution in [0.5, 0.6) is 0 Å². The molecule has 6 heteroatoms. The summed E-state index contributed by atoms with van der Waals surface area (Å²) >= 11 is 7.52. The third-order valence-corrected chi connectivity index (χ3v) is 3.63. The van der Waals surface area contributed by atoms with E-state index in [9.17, 15) is 4.79 Å². The Labute approximate surface area is 114 Å². The van der Waals surface area contributed by atoms with Crippen molar-refractivity contribution in [2.45, 2.75) is 16.6 Å². The lowest BCUT2D eigenvalue weighted by Gasteiger charge is -2.06. The van der Waals surface area contributed by atoms with Gasteiger partial charge in [0, 0.05) is 23.7 Å². The summed E-state index contributed by atoms with van der Waals surface area (Å²) < 4.78 is 0. The minimum Gasteiger partial charge on any atom is -0.316 e. The van der Waals surface area contributed by atoms with E-state index in [1.807, 2.05) is 25.2 Å². The molecule has 0 aliphatic rings. The molecule has 1 heterocycles. The molecule has 0 aliphatic carbocycles. The highest BCUT2D eigenvalue weighted by Crippen LogP contribution is 2.31. The van der Waals surface area contributed by atoms with Crippen molar-refractivity contribution in [2.24, 2.45) is 0 Å². The zero-order valence-electron chi connectivity index (χ0n) is 9.74. The number of rotatable bonds is 4. The summed E-state index contributed by atoms with van der Waals surface area (Å²) in [5.74, 6) is 0. The van der Waals surface area contributed by atoms with Crippen LogP contribution >= 0.6 is 23.4 Å². The number of H-pyrrole nitrogens is 1. The fraction of sp³-hybridized carbons (Fsp3) is 0.167. The molecule has 0 saturated heterocycles. The quantitative estimate of drug-likeness (QED) is 0.845. The van der Waals surface area contributed by atoms with E-state index in [2.05, 4.69) is 15.3 Å². The predicted molar refractivity (Wildman–Crippen MR) is 73.2 cm³/mol. The minimum atomic E-state index is -0.171. The molecule has 0 radical (unpaired) electrons. The molecule has 0 saturated carbocycles. The molecule has 0 aliphatic heterocycles. The van der Waals surface area contributed by atoms with Crippen LogP contribution in [-0.4, -0.2) is 17.0 Å². The monoisotopic (exact) mass is 281 g/mol. The first-order valence-corrected chi connectivity index (χ1v) is 6.54. The van der Waals surface area contributed by atoms with E-state index < -0.39 is 0 Å². The van der Waals surface area contributed by atoms with Gasteiger partial charge in [0.2, 0.25) is 0 Å². The average Bonchev–Trinajstić information content (AvgIpc) is 2.33. The summed E-state index contributed by atoms with van der Waals surface area (Å²) in [5, 5.41) is 4.25. The SMILES string of the molecule is CNCc1ccc(Sc2nccc(=O)[nH]2)c(Cl)c1. The molecule has 2 rings (SSSR count). The molecule has 94 valence electrons. The summed E-state index contributed by atoms with van der Waals surface area (Å²) in [6, 6.07) is 7.20. The second kappa shape index (κ2) is 6.04. The van der Waals surface area contributed by atoms with Crippen molar-refractivity contribution < 1.29 is 0 Å². The Bertz CT molecular complexity index is 600. The van der Waals surface area contributed by atoms with Gasteiger partial charge in [0.25, 0.3) is 5.56 Å². The highest BCUT2D eigenvalue weighted by atomic mass is 35.5. The van der Waals surface area contributed by atoms with E-state index in [4.69, 9.17) is 11.6 Å². The Hall–Kier alpha value is -1.30. The number of aromatic nitrogens is 2. The standard InChI is InChI=1S/C12H12ClN3OS/c1-14-7-8-2-3-10(9(13)6-8)18-12-15-5-4-11(17)16-12/h2-6,14H,7H2,1H3,(H,15,16,17). The summed E-state index contributed by atoms with van der Waals surface area (Å²) in [6.45, 7) is 0.769. The summed E-state index contributed by atoms with van der Waals surface area (Å²) in [6.07, 6.45) is 1.48. The Morgan fingerprint density at radius 3 is 2.94 bits per heavy atom. The van der Waals surface area contributed by atoms with Crippen LogP contribution in [-0.2, 0) is 6.54 Å². The number of aromatic amines is 1. The van der Waals surface area contributed by atoms with Gasteiger partial charge < -0.3 is 10.3 Å². The third kappa shape index (κ3) is 3.35. The average molecular weight is 282 g/mol. The second-order valence-corrected chi connectivity index (χ2v) is 5.07. The Kier molecular flexibility index (Phi) is 4.41. The Morgan fingerprint density at radius 1 is 1.44 bits per heavy atom. The maximum atomic E-state index is 11.2. The summed E-state index contributed by atoms with van der Waals surface area (Å²) in [4.78, 5) is 18.7. The van der Waals surface area contributed by atoms with Crippen LogP contribution in [0.1, 0.15) is 5.56 Å². The van der Waals surface area contributed by atoms with Gasteiger partial charge in [0.15, 0.2) is 5.16 Å². The number of nitrogens with one attached hydrogen (secondary N) is 2. The lowest BCUT2D eigenvalue weighted by molar-refractivity contribution is 0.817. The van der Waals surface area contributed by atoms with Gasteiger partial charge in [-0.25, -0.2) is 4.98 Å². The van der Waals surface area contributed by atoms with Crippen molar-refractivity contribution in [3.8, 4) is 0 Å². The third-order valence-electron chi connectivity index (χ3n) is 2.23. The van der Waals surface area contributed by atoms with E-state index in [1.165, 1.54) is 24.0 Å². The van der Waals surface area contributed by atoms with Crippen molar-refractivity contribution in [1.29, 1.82) is 0 Å². The lowest BCUT2D eigenvalue weighted by Crippen LogP contribution is -2.05. The van der Waals surface area contributed by atoms with E-state index in [-0.39, 0.29) is 5.56 Å². The highest BCUT2D eigenvalue weighted by Gasteiger charge is 2.05. The molecular formula is C12H12ClN3OS. The van der Waals surface area contributed by atoms with Crippen LogP contribution in [0, 0.1) is 0 Å². The second-order valence-electron chi connectivity index (χ2n) is 3.64. The number of halogens is 1. The zero-order chi connectivity index (χ0) is 13.0. The van der Waals surface area contributed by atoms with Crippen LogP contribution in [0.15, 0.2) is 45.3 Å². The van der Waals surface area contributed by atoms with Crippen LogP contribution in [0.3, 0.4) is 0 Å². The van der Waals surface area contributed by atoms with Gasteiger partial charge in [-0.15, -0.1) is 0 Å². The number of nitrogens with zero attached hydrogens (tertiary/aromatic N) is 1. The van der Waals surface area contributed by atoms with E-state index in [0.717, 1.165) is 17.0 Å². The first-order valence-electron chi connectivity index (χ1n) is 5.35. The first-order chi connectivity index (χ1) is 8.69. The van der Waals surface area contributed by atoms with Crippen molar-refractivity contribution in [1.82, 2.24) is 15.3 Å². The van der Waals surface area contributed by atoms with Gasteiger partial charge in [-0.3, -0.25) is 4.79 Å². The Balaban J connectivity index is 2.22. The summed E-state index contributed by atoms with van der Waals surface area (Å²) in [5.41, 5.74) is 0.941. The van der Waals surface area contributed by atoms with Gasteiger partial charge >= 0.3 is 0 Å². The van der Waals surface area contributed by atoms with Crippen LogP contribution in [0.2, 0.25) is 5.02 Å². The smallest absolute Gasteiger partial charge is 0.251 e. The zero-order valence-corrected chi connectivity index (χ0v) is 11.3. The highest BCUT2D eigenvalue weighted by molar-refractivity contribution is 7.99. The molecule has 0 atom stereocenters. The van der Waals surface area contributed by atoms with Gasteiger partial charge in [0.1, 0.15) is 0 Å². The molecule has 0 bridgehead atoms. The van der Waals surface area contributed by atoms with Crippen LogP contribution in [0.4, 0.5) is 0 Å². The molecular weight excluding hydrogens is 270 g/mol. The molecule has 1 aromatic carbocycles. The number of hydrogen-bond donors (Lipinski definition) is 2. The van der Waals surface area contributed by atoms with Gasteiger partial charge in [-0.05, 0) is 24.7 Å². The van der Waals surface area contributed by atoms with Crippen LogP contribution < -0.4 is 10.9 Å². The molecule has 18 heavy (non-hydrogen) atoms. The van der Waals surface area contributed by atoms with Crippen LogP contribution in [0.25, 0.3) is 0 Å². The maximum absolute atomic E-state index is 11.2. The fourth-order valence-electron chi connectivity index (χ4n) is 1.45. The van der Waals surface area contributed by atoms with Crippen molar-refractivity contribution in [3.63, 3.8) is 0 Å². The number of hydrogen-bond acceptors (Lipinski definition) is 4.